The minimum absolute atomic E-state index is 0.0113. The molecule has 0 aromatic heterocycles. The number of hydrogen-bond donors (Lipinski definition) is 7. The molecule has 0 radical (unpaired) electrons. The maximum atomic E-state index is 14.8. The number of hydrogen-bond acceptors (Lipinski definition) is 13. The third-order valence-corrected chi connectivity index (χ3v) is 15.2. The maximum Gasteiger partial charge on any atom is 0.408 e. The summed E-state index contributed by atoms with van der Waals surface area (Å²) in [6.07, 6.45) is 2.27. The quantitative estimate of drug-likeness (QED) is 0.100. The van der Waals surface area contributed by atoms with Crippen molar-refractivity contribution in [1.82, 2.24) is 41.7 Å². The Labute approximate surface area is 501 Å². The molecule has 2 aromatic rings. The van der Waals surface area contributed by atoms with Crippen LogP contribution in [0.3, 0.4) is 0 Å². The molecular formula is C64H90N8O13. The summed E-state index contributed by atoms with van der Waals surface area (Å²) < 4.78 is 23.0. The molecule has 1 unspecified atom stereocenters. The van der Waals surface area contributed by atoms with Crippen LogP contribution in [0.15, 0.2) is 48.5 Å². The first kappa shape index (κ1) is 66.9. The third kappa shape index (κ3) is 19.1. The van der Waals surface area contributed by atoms with Crippen molar-refractivity contribution in [3.05, 3.63) is 70.8 Å². The topological polar surface area (TPSA) is 272 Å². The number of ether oxygens (including phenoxy) is 4. The molecule has 2 aliphatic heterocycles. The summed E-state index contributed by atoms with van der Waals surface area (Å²) in [6, 6.07) is 8.64. The van der Waals surface area contributed by atoms with Crippen molar-refractivity contribution < 1.29 is 62.4 Å². The number of aliphatic hydroxyl groups is 1. The van der Waals surface area contributed by atoms with Gasteiger partial charge in [-0.25, -0.2) is 9.59 Å². The van der Waals surface area contributed by atoms with E-state index in [0.29, 0.717) is 6.42 Å². The average molecular weight is 1180 g/mol. The second-order valence-electron chi connectivity index (χ2n) is 26.6. The van der Waals surface area contributed by atoms with E-state index in [9.17, 15) is 43.5 Å². The third-order valence-electron chi connectivity index (χ3n) is 15.2. The summed E-state index contributed by atoms with van der Waals surface area (Å²) in [4.78, 5) is 114. The Hall–Kier alpha value is -7.20. The number of aryl methyl sites for hydroxylation is 2. The highest BCUT2D eigenvalue weighted by Crippen LogP contribution is 2.34. The molecule has 0 bridgehead atoms. The fraction of sp³-hybridized carbons (Fsp3) is 0.625. The van der Waals surface area contributed by atoms with Gasteiger partial charge in [0.2, 0.25) is 35.4 Å². The van der Waals surface area contributed by atoms with Crippen molar-refractivity contribution in [3.8, 4) is 23.7 Å². The van der Waals surface area contributed by atoms with E-state index in [2.05, 4.69) is 61.6 Å². The van der Waals surface area contributed by atoms with Crippen LogP contribution in [0.2, 0.25) is 0 Å². The van der Waals surface area contributed by atoms with Gasteiger partial charge >= 0.3 is 12.2 Å². The second kappa shape index (κ2) is 28.8. The van der Waals surface area contributed by atoms with Gasteiger partial charge in [0.25, 0.3) is 0 Å². The Kier molecular flexibility index (Phi) is 22.7. The van der Waals surface area contributed by atoms with Crippen molar-refractivity contribution in [3.63, 3.8) is 0 Å². The molecule has 464 valence electrons. The van der Waals surface area contributed by atoms with E-state index in [1.165, 1.54) is 16.7 Å². The van der Waals surface area contributed by atoms with Crippen molar-refractivity contribution in [2.45, 2.75) is 213 Å². The van der Waals surface area contributed by atoms with Gasteiger partial charge in [-0.15, -0.1) is 0 Å². The minimum atomic E-state index is -1.44. The normalized spacial score (nSPS) is 21.7. The molecule has 2 aliphatic carbocycles. The molecule has 0 spiro atoms. The second-order valence-corrected chi connectivity index (χ2v) is 26.6. The number of fused-ring (bicyclic) bond motifs is 2. The van der Waals surface area contributed by atoms with Gasteiger partial charge in [0.1, 0.15) is 60.7 Å². The number of nitrogens with zero attached hydrogens (tertiary/aromatic N) is 2. The van der Waals surface area contributed by atoms with Crippen LogP contribution in [0.5, 0.6) is 0 Å². The van der Waals surface area contributed by atoms with Crippen molar-refractivity contribution in [2.75, 3.05) is 32.9 Å². The zero-order chi connectivity index (χ0) is 62.6. The summed E-state index contributed by atoms with van der Waals surface area (Å²) in [6.45, 7) is 21.3. The Morgan fingerprint density at radius 3 is 1.38 bits per heavy atom. The van der Waals surface area contributed by atoms with Gasteiger partial charge in [-0.2, -0.15) is 0 Å². The molecule has 21 heteroatoms. The van der Waals surface area contributed by atoms with Crippen LogP contribution >= 0.6 is 0 Å². The van der Waals surface area contributed by atoms with Gasteiger partial charge in [-0.05, 0) is 132 Å². The van der Waals surface area contributed by atoms with E-state index >= 15 is 0 Å². The highest BCUT2D eigenvalue weighted by molar-refractivity contribution is 5.96. The van der Waals surface area contributed by atoms with Crippen molar-refractivity contribution in [1.29, 1.82) is 0 Å². The first-order valence-electron chi connectivity index (χ1n) is 29.6. The van der Waals surface area contributed by atoms with E-state index in [-0.39, 0.29) is 63.0 Å². The van der Waals surface area contributed by atoms with E-state index in [4.69, 9.17) is 18.9 Å². The highest BCUT2D eigenvalue weighted by Gasteiger charge is 2.48. The molecular weight excluding hydrogens is 1090 g/mol. The Balaban J connectivity index is 1.13. The predicted molar refractivity (Wildman–Crippen MR) is 318 cm³/mol. The molecule has 85 heavy (non-hydrogen) atoms. The smallest absolute Gasteiger partial charge is 0.408 e. The van der Waals surface area contributed by atoms with Gasteiger partial charge in [0, 0.05) is 25.9 Å². The SMILES string of the molecule is C[C@H](NC(=O)OC(C)(C)C)C(=O)N[C@H](C(=O)N1C[C@@H](OCC#CC#CCO[C@H]2C[C@@H](C(=O)NC3CCCc4ccccc43)N(C(=O)[C@@H](NC(=O)[C@H](CO)NC(=O)OC(C)(C)C)C(C)(C)C)C2)C[C@H]1C(=O)N[C@@H]1CCCc2ccccc21)C(C)(C)C. The lowest BCUT2D eigenvalue weighted by molar-refractivity contribution is -0.144. The lowest BCUT2D eigenvalue weighted by Gasteiger charge is -2.36. The number of nitrogens with one attached hydrogen (secondary N) is 6. The standard InChI is InChI=1S/C64H90N8O13/c1-39(65-59(80)84-63(8,9)10)53(74)69-51(61(2,3)4)57(78)71-36-42(34-49(71)55(76)66-46-30-22-26-40-24-16-18-28-44(40)46)82-32-20-14-15-21-33-83-43-35-50(56(77)67-47-31-23-27-41-25-17-19-29-45(41)47)72(37-43)58(79)52(62(5,6)7)70-54(75)48(38-73)68-60(81)85-64(11,12)13/h16-19,24-25,28-29,39,42-43,46-52,73H,22-23,26-27,30-38H2,1-13H3,(H,65,80)(H,66,76)(H,67,77)(H,68,81)(H,69,74)(H,70,75)/t39-,42-,43-,46+,47?,48-,49-,50-,51+,52+/m0/s1. The summed E-state index contributed by atoms with van der Waals surface area (Å²) >= 11 is 0. The van der Waals surface area contributed by atoms with Crippen molar-refractivity contribution >= 4 is 47.6 Å². The van der Waals surface area contributed by atoms with Gasteiger partial charge in [-0.1, -0.05) is 102 Å². The van der Waals surface area contributed by atoms with Gasteiger partial charge in [0.05, 0.1) is 30.9 Å². The monoisotopic (exact) mass is 1180 g/mol. The molecule has 2 fully saturated rings. The molecule has 2 aromatic carbocycles. The number of carbonyl (C=O) groups excluding carboxylic acids is 8. The van der Waals surface area contributed by atoms with Crippen LogP contribution < -0.4 is 31.9 Å². The van der Waals surface area contributed by atoms with Crippen molar-refractivity contribution in [2.24, 2.45) is 10.8 Å². The number of benzene rings is 2. The molecule has 7 N–H and O–H groups in total. The van der Waals surface area contributed by atoms with Gasteiger partial charge in [-0.3, -0.25) is 28.8 Å². The molecule has 10 atom stereocenters. The summed E-state index contributed by atoms with van der Waals surface area (Å²) in [5.41, 5.74) is 0.945. The Bertz CT molecular complexity index is 2880. The van der Waals surface area contributed by atoms with Gasteiger partial charge in [0.15, 0.2) is 0 Å². The number of likely N-dealkylation sites (tertiary alicyclic amines) is 2. The zero-order valence-electron chi connectivity index (χ0n) is 51.8. The van der Waals surface area contributed by atoms with Crippen LogP contribution in [-0.2, 0) is 60.6 Å². The van der Waals surface area contributed by atoms with E-state index < -0.39 is 113 Å². The van der Waals surface area contributed by atoms with E-state index in [1.54, 1.807) is 83.1 Å². The molecule has 21 nitrogen and oxygen atoms in total. The Morgan fingerprint density at radius 2 is 0.976 bits per heavy atom. The van der Waals surface area contributed by atoms with E-state index in [0.717, 1.165) is 54.4 Å². The lowest BCUT2D eigenvalue weighted by Crippen LogP contribution is -2.61. The molecule has 0 saturated carbocycles. The number of alkyl carbamates (subject to hydrolysis) is 2. The van der Waals surface area contributed by atoms with Crippen LogP contribution in [-0.4, -0.2) is 155 Å². The maximum absolute atomic E-state index is 14.8. The zero-order valence-corrected chi connectivity index (χ0v) is 51.8. The first-order valence-corrected chi connectivity index (χ1v) is 29.6. The Morgan fingerprint density at radius 1 is 0.576 bits per heavy atom. The van der Waals surface area contributed by atoms with Crippen LogP contribution in [0.1, 0.15) is 163 Å². The minimum Gasteiger partial charge on any atom is -0.444 e. The summed E-state index contributed by atoms with van der Waals surface area (Å²) in [5.74, 6) is 8.11. The van der Waals surface area contributed by atoms with E-state index in [1.807, 2.05) is 42.5 Å². The first-order chi connectivity index (χ1) is 39.8. The number of carbonyl (C=O) groups is 8. The number of aliphatic hydroxyl groups excluding tert-OH is 1. The van der Waals surface area contributed by atoms with Crippen LogP contribution in [0.25, 0.3) is 0 Å². The molecule has 6 rings (SSSR count). The molecule has 8 amide bonds. The van der Waals surface area contributed by atoms with Crippen LogP contribution in [0.4, 0.5) is 9.59 Å². The van der Waals surface area contributed by atoms with Crippen LogP contribution in [0, 0.1) is 34.5 Å². The average Bonchev–Trinajstić information content (AvgIpc) is 2.77. The molecule has 2 heterocycles. The predicted octanol–water partition coefficient (Wildman–Crippen LogP) is 5.21. The number of rotatable bonds is 17. The lowest BCUT2D eigenvalue weighted by atomic mass is 9.85. The summed E-state index contributed by atoms with van der Waals surface area (Å²) in [7, 11) is 0. The molecule has 4 aliphatic rings. The molecule has 2 saturated heterocycles. The highest BCUT2D eigenvalue weighted by atomic mass is 16.6. The summed E-state index contributed by atoms with van der Waals surface area (Å²) in [5, 5.41) is 27.0. The number of amides is 8. The fourth-order valence-electron chi connectivity index (χ4n) is 11.0. The fourth-order valence-corrected chi connectivity index (χ4v) is 11.0. The van der Waals surface area contributed by atoms with Gasteiger partial charge < -0.3 is 65.8 Å². The largest absolute Gasteiger partial charge is 0.444 e.